The molecule has 2 atom stereocenters. The number of nitrogens with one attached hydrogen (secondary N) is 3. The maximum absolute atomic E-state index is 12.7. The van der Waals surface area contributed by atoms with Gasteiger partial charge >= 0.3 is 0 Å². The van der Waals surface area contributed by atoms with Crippen LogP contribution in [0.4, 0.5) is 5.82 Å². The number of ether oxygens (including phenoxy) is 1. The van der Waals surface area contributed by atoms with Crippen LogP contribution in [0.3, 0.4) is 0 Å². The number of carbonyl (C=O) groups excluding carboxylic acids is 1. The monoisotopic (exact) mass is 493 g/mol. The van der Waals surface area contributed by atoms with Crippen molar-refractivity contribution in [2.24, 2.45) is 13.0 Å². The number of carbonyl (C=O) groups is 1. The second-order valence-corrected chi connectivity index (χ2v) is 9.50. The summed E-state index contributed by atoms with van der Waals surface area (Å²) < 4.78 is 7.19. The van der Waals surface area contributed by atoms with Gasteiger partial charge in [-0.1, -0.05) is 19.9 Å². The Morgan fingerprint density at radius 3 is 2.81 bits per heavy atom. The van der Waals surface area contributed by atoms with Crippen LogP contribution in [0.15, 0.2) is 30.6 Å². The Bertz CT molecular complexity index is 1340. The lowest BCUT2D eigenvalue weighted by Gasteiger charge is -2.21. The number of aliphatic hydroxyl groups is 1. The minimum atomic E-state index is -1.06. The zero-order chi connectivity index (χ0) is 25.8. The second-order valence-electron chi connectivity index (χ2n) is 9.50. The first-order valence-electron chi connectivity index (χ1n) is 12.3. The largest absolute Gasteiger partial charge is 0.385 e. The lowest BCUT2D eigenvalue weighted by molar-refractivity contribution is -0.131. The number of pyridine rings is 2. The van der Waals surface area contributed by atoms with E-state index < -0.39 is 6.10 Å². The van der Waals surface area contributed by atoms with Crippen LogP contribution in [0.5, 0.6) is 0 Å². The lowest BCUT2D eigenvalue weighted by atomic mass is 10.0. The molecule has 1 amide bonds. The summed E-state index contributed by atoms with van der Waals surface area (Å²) in [5.74, 6) is 0.532. The van der Waals surface area contributed by atoms with Crippen LogP contribution in [0.25, 0.3) is 33.5 Å². The number of methoxy groups -OCH3 is 1. The van der Waals surface area contributed by atoms with E-state index in [1.165, 1.54) is 0 Å². The predicted molar refractivity (Wildman–Crippen MR) is 141 cm³/mol. The minimum Gasteiger partial charge on any atom is -0.385 e. The van der Waals surface area contributed by atoms with Crippen LogP contribution in [-0.4, -0.2) is 62.4 Å². The van der Waals surface area contributed by atoms with Crippen LogP contribution < -0.4 is 10.6 Å². The molecule has 0 saturated carbocycles. The number of imidazole rings is 1. The molecule has 10 nitrogen and oxygen atoms in total. The summed E-state index contributed by atoms with van der Waals surface area (Å²) >= 11 is 0. The number of fused-ring (bicyclic) bond motifs is 3. The van der Waals surface area contributed by atoms with Crippen molar-refractivity contribution in [1.82, 2.24) is 29.8 Å². The first-order valence-corrected chi connectivity index (χ1v) is 12.3. The van der Waals surface area contributed by atoms with Crippen LogP contribution >= 0.6 is 0 Å². The summed E-state index contributed by atoms with van der Waals surface area (Å²) in [5, 5.41) is 17.4. The molecular formula is C26H35N7O3. The average molecular weight is 494 g/mol. The number of H-pyrrole nitrogens is 1. The van der Waals surface area contributed by atoms with Gasteiger partial charge in [0.1, 0.15) is 17.3 Å². The first-order chi connectivity index (χ1) is 17.3. The molecular weight excluding hydrogens is 458 g/mol. The molecule has 0 saturated heterocycles. The van der Waals surface area contributed by atoms with Crippen molar-refractivity contribution < 1.29 is 14.6 Å². The van der Waals surface area contributed by atoms with Gasteiger partial charge in [-0.25, -0.2) is 15.0 Å². The van der Waals surface area contributed by atoms with Crippen molar-refractivity contribution in [2.45, 2.75) is 45.3 Å². The quantitative estimate of drug-likeness (QED) is 0.235. The Labute approximate surface area is 210 Å². The van der Waals surface area contributed by atoms with Crippen molar-refractivity contribution in [1.29, 1.82) is 0 Å². The molecule has 4 aromatic heterocycles. The van der Waals surface area contributed by atoms with Gasteiger partial charge in [0, 0.05) is 33.2 Å². The molecule has 0 aliphatic heterocycles. The van der Waals surface area contributed by atoms with Gasteiger partial charge in [0.25, 0.3) is 0 Å². The number of hydrogen-bond donors (Lipinski definition) is 4. The zero-order valence-electron chi connectivity index (χ0n) is 21.5. The molecule has 36 heavy (non-hydrogen) atoms. The van der Waals surface area contributed by atoms with E-state index in [-0.39, 0.29) is 17.9 Å². The minimum absolute atomic E-state index is 0.212. The van der Waals surface area contributed by atoms with E-state index in [9.17, 15) is 9.90 Å². The molecule has 4 rings (SSSR count). The molecule has 4 aromatic rings. The lowest BCUT2D eigenvalue weighted by Crippen LogP contribution is -2.38. The van der Waals surface area contributed by atoms with Gasteiger partial charge in [-0.05, 0) is 43.4 Å². The van der Waals surface area contributed by atoms with Crippen molar-refractivity contribution in [3.05, 3.63) is 36.3 Å². The molecule has 0 bridgehead atoms. The Hall–Kier alpha value is -3.50. The SMILES string of the molecule is CNc1nc2[nH]c(-c3cccc(C(CCCOC)NC(=O)[C@@H](O)CC(C)C)n3)cc2c2c1ncn2C. The smallest absolute Gasteiger partial charge is 0.249 e. The number of aliphatic hydroxyl groups excluding tert-OH is 1. The Kier molecular flexibility index (Phi) is 7.85. The van der Waals surface area contributed by atoms with Crippen molar-refractivity contribution in [3.63, 3.8) is 0 Å². The molecule has 192 valence electrons. The third-order valence-corrected chi connectivity index (χ3v) is 6.23. The van der Waals surface area contributed by atoms with Gasteiger partial charge in [0.2, 0.25) is 5.91 Å². The van der Waals surface area contributed by atoms with Crippen LogP contribution in [0.2, 0.25) is 0 Å². The third kappa shape index (κ3) is 5.34. The summed E-state index contributed by atoms with van der Waals surface area (Å²) in [4.78, 5) is 30.2. The average Bonchev–Trinajstić information content (AvgIpc) is 3.46. The van der Waals surface area contributed by atoms with E-state index in [1.54, 1.807) is 13.4 Å². The van der Waals surface area contributed by atoms with Gasteiger partial charge < -0.3 is 30.0 Å². The number of aryl methyl sites for hydroxylation is 1. The highest BCUT2D eigenvalue weighted by Gasteiger charge is 2.23. The number of anilines is 1. The highest BCUT2D eigenvalue weighted by molar-refractivity contribution is 6.07. The van der Waals surface area contributed by atoms with Crippen molar-refractivity contribution >= 4 is 33.8 Å². The standard InChI is InChI=1S/C26H35N7O3/c1-15(2)12-21(34)26(35)31-18(10-7-11-36-5)17-8-6-9-19(29-17)20-13-16-23-22(28-14-33(23)4)25(27-3)32-24(16)30-20/h6,8-9,13-15,18,21,34H,7,10-12H2,1-5H3,(H,31,35)(H2,27,30,32)/t18?,21-/m0/s1. The first kappa shape index (κ1) is 25.6. The summed E-state index contributed by atoms with van der Waals surface area (Å²) in [6.07, 6.45) is 2.51. The maximum atomic E-state index is 12.7. The number of hydrogen-bond acceptors (Lipinski definition) is 7. The second kappa shape index (κ2) is 11.0. The Balaban J connectivity index is 1.68. The van der Waals surface area contributed by atoms with Gasteiger partial charge in [-0.15, -0.1) is 0 Å². The number of aromatic nitrogens is 5. The van der Waals surface area contributed by atoms with Gasteiger partial charge in [0.05, 0.1) is 35.0 Å². The highest BCUT2D eigenvalue weighted by atomic mass is 16.5. The van der Waals surface area contributed by atoms with Crippen molar-refractivity contribution in [2.75, 3.05) is 26.1 Å². The number of rotatable bonds is 11. The number of aromatic amines is 1. The fourth-order valence-corrected chi connectivity index (χ4v) is 4.45. The molecule has 10 heteroatoms. The molecule has 0 aromatic carbocycles. The Morgan fingerprint density at radius 1 is 1.28 bits per heavy atom. The van der Waals surface area contributed by atoms with E-state index in [2.05, 4.69) is 20.6 Å². The molecule has 0 aliphatic carbocycles. The topological polar surface area (TPSA) is 130 Å². The maximum Gasteiger partial charge on any atom is 0.249 e. The number of amides is 1. The van der Waals surface area contributed by atoms with E-state index >= 15 is 0 Å². The molecule has 0 aliphatic rings. The normalized spacial score (nSPS) is 13.4. The van der Waals surface area contributed by atoms with Gasteiger partial charge in [-0.2, -0.15) is 0 Å². The van der Waals surface area contributed by atoms with Gasteiger partial charge in [-0.3, -0.25) is 4.79 Å². The van der Waals surface area contributed by atoms with Gasteiger partial charge in [0.15, 0.2) is 5.82 Å². The highest BCUT2D eigenvalue weighted by Crippen LogP contribution is 2.31. The van der Waals surface area contributed by atoms with E-state index in [0.29, 0.717) is 25.3 Å². The number of nitrogens with zero attached hydrogens (tertiary/aromatic N) is 4. The summed E-state index contributed by atoms with van der Waals surface area (Å²) in [7, 11) is 5.44. The Morgan fingerprint density at radius 2 is 2.08 bits per heavy atom. The molecule has 0 fully saturated rings. The zero-order valence-corrected chi connectivity index (χ0v) is 21.5. The fourth-order valence-electron chi connectivity index (χ4n) is 4.45. The molecule has 0 spiro atoms. The summed E-state index contributed by atoms with van der Waals surface area (Å²) in [6, 6.07) is 7.43. The molecule has 4 N–H and O–H groups in total. The molecule has 1 unspecified atom stereocenters. The van der Waals surface area contributed by atoms with Crippen LogP contribution in [0, 0.1) is 5.92 Å². The predicted octanol–water partition coefficient (Wildman–Crippen LogP) is 3.54. The van der Waals surface area contributed by atoms with Crippen LogP contribution in [-0.2, 0) is 16.6 Å². The van der Waals surface area contributed by atoms with Crippen LogP contribution in [0.1, 0.15) is 44.8 Å². The molecule has 0 radical (unpaired) electrons. The third-order valence-electron chi connectivity index (χ3n) is 6.23. The molecule has 4 heterocycles. The summed E-state index contributed by atoms with van der Waals surface area (Å²) in [5.41, 5.74) is 4.80. The van der Waals surface area contributed by atoms with Crippen molar-refractivity contribution in [3.8, 4) is 11.4 Å². The fraction of sp³-hybridized carbons (Fsp3) is 0.462. The van der Waals surface area contributed by atoms with E-state index in [1.807, 2.05) is 56.8 Å². The van der Waals surface area contributed by atoms with E-state index in [4.69, 9.17) is 14.7 Å². The van der Waals surface area contributed by atoms with E-state index in [0.717, 1.165) is 45.6 Å². The summed E-state index contributed by atoms with van der Waals surface area (Å²) in [6.45, 7) is 4.53.